The SMILES string of the molecule is c1ccc2c(c1)ncn2CCC1CCCCN1. The molecule has 17 heavy (non-hydrogen) atoms. The fourth-order valence-corrected chi connectivity index (χ4v) is 2.65. The van der Waals surface area contributed by atoms with Gasteiger partial charge >= 0.3 is 0 Å². The van der Waals surface area contributed by atoms with Gasteiger partial charge in [0.2, 0.25) is 0 Å². The summed E-state index contributed by atoms with van der Waals surface area (Å²) in [6.45, 7) is 2.26. The lowest BCUT2D eigenvalue weighted by Gasteiger charge is -2.23. The van der Waals surface area contributed by atoms with Crippen LogP contribution in [0.2, 0.25) is 0 Å². The Bertz CT molecular complexity index is 483. The maximum Gasteiger partial charge on any atom is 0.0958 e. The molecule has 0 spiro atoms. The molecule has 90 valence electrons. The third kappa shape index (κ3) is 2.34. The lowest BCUT2D eigenvalue weighted by molar-refractivity contribution is 0.368. The highest BCUT2D eigenvalue weighted by atomic mass is 15.0. The fraction of sp³-hybridized carbons (Fsp3) is 0.500. The van der Waals surface area contributed by atoms with Crippen LogP contribution < -0.4 is 5.32 Å². The number of benzene rings is 1. The van der Waals surface area contributed by atoms with E-state index in [4.69, 9.17) is 0 Å². The van der Waals surface area contributed by atoms with E-state index in [1.807, 2.05) is 12.4 Å². The number of rotatable bonds is 3. The number of para-hydroxylation sites is 2. The maximum absolute atomic E-state index is 4.42. The molecular formula is C14H19N3. The zero-order valence-electron chi connectivity index (χ0n) is 10.1. The Hall–Kier alpha value is -1.35. The Kier molecular flexibility index (Phi) is 3.10. The van der Waals surface area contributed by atoms with Crippen molar-refractivity contribution in [2.45, 2.75) is 38.3 Å². The quantitative estimate of drug-likeness (QED) is 0.876. The van der Waals surface area contributed by atoms with Crippen LogP contribution in [0.15, 0.2) is 30.6 Å². The summed E-state index contributed by atoms with van der Waals surface area (Å²) >= 11 is 0. The van der Waals surface area contributed by atoms with Crippen LogP contribution in [0, 0.1) is 0 Å². The standard InChI is InChI=1S/C14H19N3/c1-2-7-14-13(6-1)16-11-17(14)10-8-12-5-3-4-9-15-12/h1-2,6-7,11-12,15H,3-5,8-10H2. The molecule has 1 aromatic heterocycles. The van der Waals surface area contributed by atoms with E-state index in [1.165, 1.54) is 37.7 Å². The van der Waals surface area contributed by atoms with E-state index in [9.17, 15) is 0 Å². The molecule has 1 aromatic carbocycles. The minimum absolute atomic E-state index is 0.699. The van der Waals surface area contributed by atoms with Gasteiger partial charge in [-0.3, -0.25) is 0 Å². The molecule has 0 aliphatic carbocycles. The van der Waals surface area contributed by atoms with Crippen LogP contribution in [-0.2, 0) is 6.54 Å². The van der Waals surface area contributed by atoms with Gasteiger partial charge < -0.3 is 9.88 Å². The number of hydrogen-bond donors (Lipinski definition) is 1. The summed E-state index contributed by atoms with van der Waals surface area (Å²) in [7, 11) is 0. The minimum Gasteiger partial charge on any atom is -0.331 e. The molecule has 3 heteroatoms. The molecule has 1 unspecified atom stereocenters. The number of nitrogens with zero attached hydrogens (tertiary/aromatic N) is 2. The molecule has 1 N–H and O–H groups in total. The summed E-state index contributed by atoms with van der Waals surface area (Å²) in [6.07, 6.45) is 7.22. The van der Waals surface area contributed by atoms with E-state index in [0.717, 1.165) is 12.1 Å². The molecule has 1 aliphatic heterocycles. The summed E-state index contributed by atoms with van der Waals surface area (Å²) in [6, 6.07) is 9.05. The van der Waals surface area contributed by atoms with Gasteiger partial charge in [-0.15, -0.1) is 0 Å². The summed E-state index contributed by atoms with van der Waals surface area (Å²) in [5.74, 6) is 0. The Morgan fingerprint density at radius 3 is 3.12 bits per heavy atom. The van der Waals surface area contributed by atoms with Crippen molar-refractivity contribution < 1.29 is 0 Å². The zero-order valence-corrected chi connectivity index (χ0v) is 10.1. The third-order valence-corrected chi connectivity index (χ3v) is 3.66. The van der Waals surface area contributed by atoms with E-state index in [2.05, 4.69) is 33.1 Å². The molecule has 0 radical (unpaired) electrons. The lowest BCUT2D eigenvalue weighted by atomic mass is 10.0. The smallest absolute Gasteiger partial charge is 0.0958 e. The first-order valence-electron chi connectivity index (χ1n) is 6.57. The average Bonchev–Trinajstić information content (AvgIpc) is 2.81. The van der Waals surface area contributed by atoms with Gasteiger partial charge in [0, 0.05) is 12.6 Å². The summed E-state index contributed by atoms with van der Waals surface area (Å²) in [4.78, 5) is 4.42. The van der Waals surface area contributed by atoms with Gasteiger partial charge in [0.15, 0.2) is 0 Å². The van der Waals surface area contributed by atoms with Crippen LogP contribution in [0.25, 0.3) is 11.0 Å². The Morgan fingerprint density at radius 2 is 2.24 bits per heavy atom. The number of aromatic nitrogens is 2. The van der Waals surface area contributed by atoms with Crippen LogP contribution in [0.1, 0.15) is 25.7 Å². The average molecular weight is 229 g/mol. The van der Waals surface area contributed by atoms with E-state index < -0.39 is 0 Å². The van der Waals surface area contributed by atoms with Gasteiger partial charge in [0.05, 0.1) is 17.4 Å². The number of fused-ring (bicyclic) bond motifs is 1. The predicted molar refractivity (Wildman–Crippen MR) is 70.0 cm³/mol. The van der Waals surface area contributed by atoms with Crippen LogP contribution in [0.3, 0.4) is 0 Å². The number of piperidine rings is 1. The van der Waals surface area contributed by atoms with Crippen molar-refractivity contribution in [1.82, 2.24) is 14.9 Å². The van der Waals surface area contributed by atoms with Gasteiger partial charge in [-0.1, -0.05) is 18.6 Å². The van der Waals surface area contributed by atoms with Crippen molar-refractivity contribution in [3.05, 3.63) is 30.6 Å². The highest BCUT2D eigenvalue weighted by Crippen LogP contribution is 2.15. The van der Waals surface area contributed by atoms with Crippen molar-refractivity contribution in [1.29, 1.82) is 0 Å². The number of imidazole rings is 1. The van der Waals surface area contributed by atoms with Gasteiger partial charge in [-0.2, -0.15) is 0 Å². The van der Waals surface area contributed by atoms with Crippen molar-refractivity contribution in [2.75, 3.05) is 6.54 Å². The van der Waals surface area contributed by atoms with Crippen molar-refractivity contribution in [2.24, 2.45) is 0 Å². The molecule has 1 fully saturated rings. The van der Waals surface area contributed by atoms with E-state index in [-0.39, 0.29) is 0 Å². The topological polar surface area (TPSA) is 29.9 Å². The summed E-state index contributed by atoms with van der Waals surface area (Å²) in [5, 5.41) is 3.60. The lowest BCUT2D eigenvalue weighted by Crippen LogP contribution is -2.34. The molecule has 1 saturated heterocycles. The fourth-order valence-electron chi connectivity index (χ4n) is 2.65. The summed E-state index contributed by atoms with van der Waals surface area (Å²) < 4.78 is 2.27. The van der Waals surface area contributed by atoms with Crippen LogP contribution in [0.5, 0.6) is 0 Å². The Labute approximate surface area is 102 Å². The van der Waals surface area contributed by atoms with Gasteiger partial charge in [-0.25, -0.2) is 4.98 Å². The molecule has 3 rings (SSSR count). The molecular weight excluding hydrogens is 210 g/mol. The van der Waals surface area contributed by atoms with Crippen LogP contribution >= 0.6 is 0 Å². The van der Waals surface area contributed by atoms with Crippen LogP contribution in [-0.4, -0.2) is 22.1 Å². The highest BCUT2D eigenvalue weighted by Gasteiger charge is 2.12. The predicted octanol–water partition coefficient (Wildman–Crippen LogP) is 2.57. The van der Waals surface area contributed by atoms with E-state index >= 15 is 0 Å². The summed E-state index contributed by atoms with van der Waals surface area (Å²) in [5.41, 5.74) is 2.35. The second-order valence-electron chi connectivity index (χ2n) is 4.86. The minimum atomic E-state index is 0.699. The van der Waals surface area contributed by atoms with E-state index in [1.54, 1.807) is 0 Å². The molecule has 1 aliphatic rings. The van der Waals surface area contributed by atoms with Gasteiger partial charge in [0.1, 0.15) is 0 Å². The van der Waals surface area contributed by atoms with E-state index in [0.29, 0.717) is 6.04 Å². The molecule has 2 aromatic rings. The monoisotopic (exact) mass is 229 g/mol. The Balaban J connectivity index is 1.68. The largest absolute Gasteiger partial charge is 0.331 e. The first-order valence-corrected chi connectivity index (χ1v) is 6.57. The molecule has 2 heterocycles. The third-order valence-electron chi connectivity index (χ3n) is 3.66. The van der Waals surface area contributed by atoms with Crippen molar-refractivity contribution in [3.8, 4) is 0 Å². The first kappa shape index (κ1) is 10.8. The molecule has 0 saturated carbocycles. The first-order chi connectivity index (χ1) is 8.43. The highest BCUT2D eigenvalue weighted by molar-refractivity contribution is 5.74. The molecule has 0 amide bonds. The molecule has 1 atom stereocenters. The number of aryl methyl sites for hydroxylation is 1. The molecule has 3 nitrogen and oxygen atoms in total. The Morgan fingerprint density at radius 1 is 1.29 bits per heavy atom. The van der Waals surface area contributed by atoms with Gasteiger partial charge in [0.25, 0.3) is 0 Å². The maximum atomic E-state index is 4.42. The molecule has 0 bridgehead atoms. The van der Waals surface area contributed by atoms with Crippen molar-refractivity contribution >= 4 is 11.0 Å². The number of nitrogens with one attached hydrogen (secondary N) is 1. The number of hydrogen-bond acceptors (Lipinski definition) is 2. The zero-order chi connectivity index (χ0) is 11.5. The van der Waals surface area contributed by atoms with Gasteiger partial charge in [-0.05, 0) is 37.9 Å². The normalized spacial score (nSPS) is 20.8. The van der Waals surface area contributed by atoms with Crippen molar-refractivity contribution in [3.63, 3.8) is 0 Å². The second-order valence-corrected chi connectivity index (χ2v) is 4.86. The second kappa shape index (κ2) is 4.88. The van der Waals surface area contributed by atoms with Crippen LogP contribution in [0.4, 0.5) is 0 Å².